The first kappa shape index (κ1) is 20.3. The van der Waals surface area contributed by atoms with Crippen molar-refractivity contribution in [2.24, 2.45) is 11.8 Å². The lowest BCUT2D eigenvalue weighted by atomic mass is 9.79. The van der Waals surface area contributed by atoms with Gasteiger partial charge in [0.25, 0.3) is 0 Å². The van der Waals surface area contributed by atoms with E-state index in [0.29, 0.717) is 22.1 Å². The van der Waals surface area contributed by atoms with Crippen LogP contribution in [-0.2, 0) is 15.7 Å². The number of Topliss-reactive ketones (excluding diaryl/α,β-unsaturated/α-hetero) is 1. The highest BCUT2D eigenvalue weighted by Crippen LogP contribution is 2.36. The quantitative estimate of drug-likeness (QED) is 0.421. The van der Waals surface area contributed by atoms with Crippen LogP contribution in [-0.4, -0.2) is 22.5 Å². The highest BCUT2D eigenvalue weighted by Gasteiger charge is 2.44. The van der Waals surface area contributed by atoms with Gasteiger partial charge in [-0.1, -0.05) is 65.2 Å². The average Bonchev–Trinajstić information content (AvgIpc) is 2.65. The van der Waals surface area contributed by atoms with Crippen LogP contribution in [0.1, 0.15) is 104 Å². The standard InChI is InChI=1S/C22H41OS/c1-3-5-17-24(18-6-4-2)22(20-15-11-8-12-16-20)21(23)19-13-9-7-10-14-19/h19-20,22H,3-18H2,1-2H3/q+1. The Morgan fingerprint density at radius 3 is 1.83 bits per heavy atom. The van der Waals surface area contributed by atoms with Crippen LogP contribution in [0.3, 0.4) is 0 Å². The van der Waals surface area contributed by atoms with Gasteiger partial charge in [0.1, 0.15) is 11.5 Å². The normalized spacial score (nSPS) is 22.0. The lowest BCUT2D eigenvalue weighted by Crippen LogP contribution is -2.44. The topological polar surface area (TPSA) is 17.1 Å². The van der Waals surface area contributed by atoms with Crippen molar-refractivity contribution < 1.29 is 4.79 Å². The molecule has 2 fully saturated rings. The van der Waals surface area contributed by atoms with E-state index in [1.54, 1.807) is 0 Å². The fourth-order valence-electron chi connectivity index (χ4n) is 4.74. The molecule has 24 heavy (non-hydrogen) atoms. The van der Waals surface area contributed by atoms with Crippen molar-refractivity contribution in [3.8, 4) is 0 Å². The number of hydrogen-bond acceptors (Lipinski definition) is 1. The van der Waals surface area contributed by atoms with Crippen molar-refractivity contribution in [3.63, 3.8) is 0 Å². The first-order chi connectivity index (χ1) is 11.8. The van der Waals surface area contributed by atoms with Gasteiger partial charge in [-0.15, -0.1) is 0 Å². The summed E-state index contributed by atoms with van der Waals surface area (Å²) >= 11 is 0. The zero-order chi connectivity index (χ0) is 17.2. The van der Waals surface area contributed by atoms with Crippen LogP contribution in [0, 0.1) is 11.8 Å². The third kappa shape index (κ3) is 6.07. The summed E-state index contributed by atoms with van der Waals surface area (Å²) in [5, 5.41) is 0.437. The Kier molecular flexibility index (Phi) is 9.83. The summed E-state index contributed by atoms with van der Waals surface area (Å²) in [6.45, 7) is 4.61. The first-order valence-corrected chi connectivity index (χ1v) is 12.6. The minimum Gasteiger partial charge on any atom is -0.294 e. The van der Waals surface area contributed by atoms with Gasteiger partial charge in [-0.05, 0) is 49.4 Å². The number of carbonyl (C=O) groups is 1. The van der Waals surface area contributed by atoms with E-state index in [1.165, 1.54) is 101 Å². The smallest absolute Gasteiger partial charge is 0.188 e. The fourth-order valence-corrected chi connectivity index (χ4v) is 8.11. The van der Waals surface area contributed by atoms with Crippen LogP contribution >= 0.6 is 0 Å². The Morgan fingerprint density at radius 2 is 1.33 bits per heavy atom. The molecule has 0 aromatic heterocycles. The van der Waals surface area contributed by atoms with Gasteiger partial charge >= 0.3 is 0 Å². The number of hydrogen-bond donors (Lipinski definition) is 0. The third-order valence-corrected chi connectivity index (χ3v) is 9.21. The van der Waals surface area contributed by atoms with Gasteiger partial charge in [0.15, 0.2) is 11.0 Å². The van der Waals surface area contributed by atoms with Crippen molar-refractivity contribution in [2.75, 3.05) is 11.5 Å². The summed E-state index contributed by atoms with van der Waals surface area (Å²) in [4.78, 5) is 13.6. The molecule has 1 unspecified atom stereocenters. The summed E-state index contributed by atoms with van der Waals surface area (Å²) in [6, 6.07) is 0. The minimum atomic E-state index is 0.359. The van der Waals surface area contributed by atoms with Crippen LogP contribution in [0.25, 0.3) is 0 Å². The maximum atomic E-state index is 13.6. The predicted octanol–water partition coefficient (Wildman–Crippen LogP) is 6.30. The second-order valence-electron chi connectivity index (χ2n) is 8.21. The van der Waals surface area contributed by atoms with Crippen LogP contribution in [0.4, 0.5) is 0 Å². The maximum absolute atomic E-state index is 13.6. The van der Waals surface area contributed by atoms with Gasteiger partial charge < -0.3 is 0 Å². The average molecular weight is 354 g/mol. The number of carbonyl (C=O) groups excluding carboxylic acids is 1. The van der Waals surface area contributed by atoms with Crippen LogP contribution in [0.2, 0.25) is 0 Å². The first-order valence-electron chi connectivity index (χ1n) is 11.0. The van der Waals surface area contributed by atoms with E-state index in [4.69, 9.17) is 0 Å². The Bertz CT molecular complexity index is 334. The summed E-state index contributed by atoms with van der Waals surface area (Å²) in [6.07, 6.45) is 18.4. The summed E-state index contributed by atoms with van der Waals surface area (Å²) in [5.74, 6) is 4.53. The molecular formula is C22H41OS+. The number of rotatable bonds is 10. The third-order valence-electron chi connectivity index (χ3n) is 6.25. The highest BCUT2D eigenvalue weighted by atomic mass is 32.2. The van der Waals surface area contributed by atoms with Gasteiger partial charge in [-0.2, -0.15) is 0 Å². The molecule has 0 aromatic carbocycles. The molecule has 2 rings (SSSR count). The maximum Gasteiger partial charge on any atom is 0.188 e. The molecule has 2 aliphatic carbocycles. The van der Waals surface area contributed by atoms with Gasteiger partial charge in [0.2, 0.25) is 0 Å². The zero-order valence-electron chi connectivity index (χ0n) is 16.4. The van der Waals surface area contributed by atoms with Crippen molar-refractivity contribution in [2.45, 2.75) is 109 Å². The van der Waals surface area contributed by atoms with Crippen molar-refractivity contribution in [3.05, 3.63) is 0 Å². The Morgan fingerprint density at radius 1 is 0.833 bits per heavy atom. The molecule has 0 aliphatic heterocycles. The summed E-state index contributed by atoms with van der Waals surface area (Å²) in [7, 11) is 0.359. The van der Waals surface area contributed by atoms with Gasteiger partial charge in [0, 0.05) is 11.8 Å². The van der Waals surface area contributed by atoms with Gasteiger partial charge in [-0.25, -0.2) is 0 Å². The van der Waals surface area contributed by atoms with Crippen molar-refractivity contribution >= 4 is 16.7 Å². The van der Waals surface area contributed by atoms with E-state index in [1.807, 2.05) is 0 Å². The van der Waals surface area contributed by atoms with Crippen molar-refractivity contribution in [1.82, 2.24) is 0 Å². The van der Waals surface area contributed by atoms with Crippen molar-refractivity contribution in [1.29, 1.82) is 0 Å². The molecule has 0 N–H and O–H groups in total. The Hall–Kier alpha value is 0.0200. The molecular weight excluding hydrogens is 312 g/mol. The largest absolute Gasteiger partial charge is 0.294 e. The molecule has 1 atom stereocenters. The molecule has 140 valence electrons. The van der Waals surface area contributed by atoms with Gasteiger partial charge in [-0.3, -0.25) is 4.79 Å². The second kappa shape index (κ2) is 11.6. The molecule has 0 amide bonds. The molecule has 2 saturated carbocycles. The Labute approximate surface area is 154 Å². The van der Waals surface area contributed by atoms with E-state index in [9.17, 15) is 4.79 Å². The molecule has 2 heteroatoms. The zero-order valence-corrected chi connectivity index (χ0v) is 17.2. The Balaban J connectivity index is 2.12. The molecule has 0 bridgehead atoms. The lowest BCUT2D eigenvalue weighted by molar-refractivity contribution is -0.124. The molecule has 0 heterocycles. The molecule has 0 aromatic rings. The van der Waals surface area contributed by atoms with E-state index in [-0.39, 0.29) is 0 Å². The molecule has 1 nitrogen and oxygen atoms in total. The van der Waals surface area contributed by atoms with Crippen LogP contribution in [0.5, 0.6) is 0 Å². The van der Waals surface area contributed by atoms with Crippen LogP contribution < -0.4 is 0 Å². The molecule has 0 radical (unpaired) electrons. The number of unbranched alkanes of at least 4 members (excludes halogenated alkanes) is 2. The second-order valence-corrected chi connectivity index (χ2v) is 10.6. The van der Waals surface area contributed by atoms with E-state index < -0.39 is 0 Å². The molecule has 2 aliphatic rings. The molecule has 0 saturated heterocycles. The lowest BCUT2D eigenvalue weighted by Gasteiger charge is -2.32. The van der Waals surface area contributed by atoms with Crippen LogP contribution in [0.15, 0.2) is 0 Å². The van der Waals surface area contributed by atoms with E-state index in [0.717, 1.165) is 11.7 Å². The summed E-state index contributed by atoms with van der Waals surface area (Å²) < 4.78 is 0. The minimum absolute atomic E-state index is 0.359. The van der Waals surface area contributed by atoms with E-state index in [2.05, 4.69) is 13.8 Å². The number of ketones is 1. The fraction of sp³-hybridized carbons (Fsp3) is 0.955. The highest BCUT2D eigenvalue weighted by molar-refractivity contribution is 7.98. The SMILES string of the molecule is CCCC[S+](CCCC)C(C(=O)C1CCCCC1)C1CCCCC1. The van der Waals surface area contributed by atoms with Gasteiger partial charge in [0.05, 0.1) is 0 Å². The molecule has 0 spiro atoms. The van der Waals surface area contributed by atoms with E-state index >= 15 is 0 Å². The monoisotopic (exact) mass is 353 g/mol. The predicted molar refractivity (Wildman–Crippen MR) is 109 cm³/mol. The summed E-state index contributed by atoms with van der Waals surface area (Å²) in [5.41, 5.74) is 0.